The largest absolute Gasteiger partial charge is 0.498 e. The van der Waals surface area contributed by atoms with E-state index in [1.54, 1.807) is 13.2 Å². The van der Waals surface area contributed by atoms with Gasteiger partial charge in [0, 0.05) is 4.88 Å². The van der Waals surface area contributed by atoms with Crippen LogP contribution >= 0.6 is 11.3 Å². The molecule has 0 saturated carbocycles. The number of hydrogen-bond donors (Lipinski definition) is 3. The van der Waals surface area contributed by atoms with Crippen molar-refractivity contribution in [3.05, 3.63) is 35.9 Å². The Balaban J connectivity index is 1.91. The van der Waals surface area contributed by atoms with Crippen LogP contribution in [0.25, 0.3) is 10.4 Å². The molecule has 0 radical (unpaired) electrons. The number of rotatable bonds is 5. The normalized spacial score (nSPS) is 20.8. The van der Waals surface area contributed by atoms with Crippen LogP contribution in [0.2, 0.25) is 0 Å². The van der Waals surface area contributed by atoms with Gasteiger partial charge < -0.3 is 25.7 Å². The van der Waals surface area contributed by atoms with Crippen molar-refractivity contribution in [3.63, 3.8) is 0 Å². The molecule has 1 aliphatic rings. The lowest BCUT2D eigenvalue weighted by atomic mass is 10.0. The van der Waals surface area contributed by atoms with Gasteiger partial charge in [0.1, 0.15) is 17.3 Å². The zero-order valence-corrected chi connectivity index (χ0v) is 20.8. The second-order valence-electron chi connectivity index (χ2n) is 9.55. The molecule has 3 rings (SSSR count). The molecular weight excluding hydrogens is 456 g/mol. The lowest BCUT2D eigenvalue weighted by Crippen LogP contribution is -2.70. The lowest BCUT2D eigenvalue weighted by molar-refractivity contribution is -0.919. The van der Waals surface area contributed by atoms with Crippen LogP contribution in [0.4, 0.5) is 14.6 Å². The first-order valence-corrected chi connectivity index (χ1v) is 12.0. The predicted molar refractivity (Wildman–Crippen MR) is 130 cm³/mol. The third-order valence-corrected chi connectivity index (χ3v) is 7.51. The Hall–Kier alpha value is -3.11. The second kappa shape index (κ2) is 10.0. The van der Waals surface area contributed by atoms with Crippen LogP contribution in [0, 0.1) is 0 Å². The molecule has 10 heteroatoms. The minimum absolute atomic E-state index is 0.225. The fourth-order valence-electron chi connectivity index (χ4n) is 4.44. The summed E-state index contributed by atoms with van der Waals surface area (Å²) < 4.78 is 5.05. The van der Waals surface area contributed by atoms with E-state index in [1.807, 2.05) is 45.0 Å². The summed E-state index contributed by atoms with van der Waals surface area (Å²) in [5, 5.41) is 18.1. The Morgan fingerprint density at radius 3 is 2.56 bits per heavy atom. The summed E-state index contributed by atoms with van der Waals surface area (Å²) in [7, 11) is 1.57. The molecule has 0 bridgehead atoms. The van der Waals surface area contributed by atoms with Gasteiger partial charge in [-0.05, 0) is 63.8 Å². The highest BCUT2D eigenvalue weighted by Crippen LogP contribution is 2.37. The molecule has 1 unspecified atom stereocenters. The van der Waals surface area contributed by atoms with E-state index in [0.29, 0.717) is 23.7 Å². The average Bonchev–Trinajstić information content (AvgIpc) is 3.04. The second-order valence-corrected chi connectivity index (χ2v) is 10.6. The van der Waals surface area contributed by atoms with Crippen LogP contribution < -0.4 is 26.2 Å². The Bertz CT molecular complexity index is 1080. The molecule has 4 N–H and O–H groups in total. The topological polar surface area (TPSA) is 134 Å². The van der Waals surface area contributed by atoms with Crippen molar-refractivity contribution in [2.75, 3.05) is 25.5 Å². The molecule has 1 saturated heterocycles. The summed E-state index contributed by atoms with van der Waals surface area (Å²) in [4.78, 5) is 37.9. The standard InChI is InChI=1S/C24H32N4O5S/c1-24(2,3)28(23(31)32)11-6-5-9-16(14-28)26-20(29)18-13-19(34-21(18)27-22(25)30)15-8-7-10-17(12-15)33-4/h7-8,10,12-13,16H,5-6,9,11,14H2,1-4H3,(H4-,25,26,27,29,30,31,32)/t16-,28?/m0/s1. The number of carbonyl (C=O) groups excluding carboxylic acids is 3. The first-order chi connectivity index (χ1) is 16.0. The van der Waals surface area contributed by atoms with Gasteiger partial charge in [-0.25, -0.2) is 4.79 Å². The minimum atomic E-state index is -1.14. The van der Waals surface area contributed by atoms with Crippen molar-refractivity contribution in [1.29, 1.82) is 0 Å². The van der Waals surface area contributed by atoms with Crippen molar-refractivity contribution >= 4 is 34.4 Å². The Kier molecular flexibility index (Phi) is 7.52. The van der Waals surface area contributed by atoms with E-state index in [4.69, 9.17) is 10.5 Å². The molecule has 184 valence electrons. The summed E-state index contributed by atoms with van der Waals surface area (Å²) in [6, 6.07) is 7.92. The Morgan fingerprint density at radius 1 is 1.21 bits per heavy atom. The molecule has 1 aromatic heterocycles. The number of methoxy groups -OCH3 is 1. The number of carboxylic acid groups (broad SMARTS) is 1. The number of likely N-dealkylation sites (tertiary alicyclic amines) is 1. The van der Waals surface area contributed by atoms with Crippen molar-refractivity contribution in [2.45, 2.75) is 51.6 Å². The number of thiophene rings is 1. The molecule has 2 atom stereocenters. The van der Waals surface area contributed by atoms with E-state index in [2.05, 4.69) is 10.6 Å². The highest BCUT2D eigenvalue weighted by molar-refractivity contribution is 7.20. The van der Waals surface area contributed by atoms with Crippen LogP contribution in [0.5, 0.6) is 5.75 Å². The highest BCUT2D eigenvalue weighted by atomic mass is 32.1. The third kappa shape index (κ3) is 5.34. The van der Waals surface area contributed by atoms with E-state index < -0.39 is 23.6 Å². The molecule has 1 aliphatic heterocycles. The van der Waals surface area contributed by atoms with E-state index in [1.165, 1.54) is 11.3 Å². The van der Waals surface area contributed by atoms with Gasteiger partial charge in [-0.15, -0.1) is 11.3 Å². The van der Waals surface area contributed by atoms with Gasteiger partial charge >= 0.3 is 6.03 Å². The molecule has 2 heterocycles. The van der Waals surface area contributed by atoms with Gasteiger partial charge in [0.05, 0.1) is 30.8 Å². The van der Waals surface area contributed by atoms with Crippen molar-refractivity contribution in [2.24, 2.45) is 5.73 Å². The highest BCUT2D eigenvalue weighted by Gasteiger charge is 2.45. The smallest absolute Gasteiger partial charge is 0.317 e. The number of nitrogens with two attached hydrogens (primary N) is 1. The average molecular weight is 489 g/mol. The molecule has 1 aromatic carbocycles. The van der Waals surface area contributed by atoms with Gasteiger partial charge in [-0.3, -0.25) is 14.6 Å². The summed E-state index contributed by atoms with van der Waals surface area (Å²) in [6.07, 6.45) is 1.03. The first kappa shape index (κ1) is 25.5. The van der Waals surface area contributed by atoms with Crippen LogP contribution in [0.1, 0.15) is 50.4 Å². The van der Waals surface area contributed by atoms with Crippen LogP contribution in [0.15, 0.2) is 30.3 Å². The van der Waals surface area contributed by atoms with Crippen LogP contribution in [0.3, 0.4) is 0 Å². The summed E-state index contributed by atoms with van der Waals surface area (Å²) in [5.41, 5.74) is 5.84. The summed E-state index contributed by atoms with van der Waals surface area (Å²) in [6.45, 7) is 6.30. The SMILES string of the molecule is COc1cccc(-c2cc(C(=O)N[C@H]3CCCC[N+](C(=O)[O-])(C(C)(C)C)C3)c(NC(N)=O)s2)c1. The fraction of sp³-hybridized carbons (Fsp3) is 0.458. The zero-order valence-electron chi connectivity index (χ0n) is 20.0. The predicted octanol–water partition coefficient (Wildman–Crippen LogP) is 3.16. The van der Waals surface area contributed by atoms with Crippen LogP contribution in [-0.2, 0) is 0 Å². The van der Waals surface area contributed by atoms with Gasteiger partial charge in [-0.2, -0.15) is 0 Å². The van der Waals surface area contributed by atoms with Gasteiger partial charge in [0.15, 0.2) is 0 Å². The van der Waals surface area contributed by atoms with E-state index >= 15 is 0 Å². The maximum absolute atomic E-state index is 13.3. The summed E-state index contributed by atoms with van der Waals surface area (Å²) >= 11 is 1.23. The number of amides is 4. The van der Waals surface area contributed by atoms with Gasteiger partial charge in [0.25, 0.3) is 12.0 Å². The number of quaternary nitrogens is 1. The van der Waals surface area contributed by atoms with Crippen molar-refractivity contribution in [1.82, 2.24) is 5.32 Å². The molecule has 34 heavy (non-hydrogen) atoms. The number of hydrogen-bond acceptors (Lipinski definition) is 6. The van der Waals surface area contributed by atoms with Gasteiger partial charge in [-0.1, -0.05) is 12.1 Å². The van der Waals surface area contributed by atoms with Gasteiger partial charge in [0.2, 0.25) is 0 Å². The van der Waals surface area contributed by atoms with Crippen molar-refractivity contribution < 1.29 is 28.7 Å². The third-order valence-electron chi connectivity index (χ3n) is 6.41. The number of nitrogens with zero attached hydrogens (tertiary/aromatic N) is 1. The molecule has 2 aromatic rings. The Labute approximate surface area is 203 Å². The number of ether oxygens (including phenoxy) is 1. The molecule has 4 amide bonds. The molecular formula is C24H32N4O5S. The molecule has 0 aliphatic carbocycles. The number of benzene rings is 1. The van der Waals surface area contributed by atoms with E-state index in [0.717, 1.165) is 23.3 Å². The molecule has 1 fully saturated rings. The maximum atomic E-state index is 13.3. The monoisotopic (exact) mass is 488 g/mol. The minimum Gasteiger partial charge on any atom is -0.498 e. The number of urea groups is 1. The van der Waals surface area contributed by atoms with Crippen LogP contribution in [-0.4, -0.2) is 54.3 Å². The van der Waals surface area contributed by atoms with E-state index in [-0.39, 0.29) is 22.6 Å². The fourth-order valence-corrected chi connectivity index (χ4v) is 5.50. The zero-order chi connectivity index (χ0) is 25.1. The number of primary amides is 1. The number of anilines is 1. The lowest BCUT2D eigenvalue weighted by Gasteiger charge is -2.48. The van der Waals surface area contributed by atoms with E-state index in [9.17, 15) is 19.5 Å². The quantitative estimate of drug-likeness (QED) is 0.556. The number of carbonyl (C=O) groups is 3. The number of nitrogens with one attached hydrogen (secondary N) is 2. The molecule has 9 nitrogen and oxygen atoms in total. The van der Waals surface area contributed by atoms with Crippen molar-refractivity contribution in [3.8, 4) is 16.2 Å². The first-order valence-electron chi connectivity index (χ1n) is 11.2. The Morgan fingerprint density at radius 2 is 1.94 bits per heavy atom. The summed E-state index contributed by atoms with van der Waals surface area (Å²) in [5.74, 6) is 0.268. The molecule has 0 spiro atoms. The maximum Gasteiger partial charge on any atom is 0.317 e.